The second-order valence-electron chi connectivity index (χ2n) is 3.24. The van der Waals surface area contributed by atoms with E-state index in [-0.39, 0.29) is 24.8 Å². The number of furan rings is 1. The van der Waals surface area contributed by atoms with E-state index in [1.54, 1.807) is 6.07 Å². The third kappa shape index (κ3) is 4.16. The molecule has 0 fully saturated rings. The number of esters is 1. The Balaban J connectivity index is 2.16. The molecule has 0 bridgehead atoms. The minimum absolute atomic E-state index is 0.184. The molecule has 0 aromatic carbocycles. The van der Waals surface area contributed by atoms with Crippen molar-refractivity contribution in [3.8, 4) is 0 Å². The fourth-order valence-corrected chi connectivity index (χ4v) is 1.06. The molecule has 0 aliphatic rings. The largest absolute Gasteiger partial charge is 0.472 e. The molecule has 1 rings (SSSR count). The smallest absolute Gasteiger partial charge is 0.307 e. The van der Waals surface area contributed by atoms with Crippen LogP contribution in [0.15, 0.2) is 23.0 Å². The lowest BCUT2D eigenvalue weighted by atomic mass is 10.3. The zero-order valence-corrected chi connectivity index (χ0v) is 9.19. The first-order valence-corrected chi connectivity index (χ1v) is 5.20. The summed E-state index contributed by atoms with van der Waals surface area (Å²) in [6, 6.07) is 1.56. The predicted molar refractivity (Wildman–Crippen MR) is 56.9 cm³/mol. The highest BCUT2D eigenvalue weighted by Crippen LogP contribution is 1.99. The zero-order chi connectivity index (χ0) is 11.8. The molecule has 0 saturated carbocycles. The van der Waals surface area contributed by atoms with Crippen molar-refractivity contribution in [3.63, 3.8) is 0 Å². The van der Waals surface area contributed by atoms with Gasteiger partial charge in [-0.1, -0.05) is 6.92 Å². The van der Waals surface area contributed by atoms with Crippen LogP contribution in [0, 0.1) is 0 Å². The van der Waals surface area contributed by atoms with Crippen LogP contribution < -0.4 is 5.32 Å². The molecular weight excluding hydrogens is 210 g/mol. The number of amides is 1. The molecule has 1 N–H and O–H groups in total. The quantitative estimate of drug-likeness (QED) is 0.742. The van der Waals surface area contributed by atoms with Crippen molar-refractivity contribution in [1.82, 2.24) is 5.32 Å². The zero-order valence-electron chi connectivity index (χ0n) is 9.19. The second kappa shape index (κ2) is 6.66. The monoisotopic (exact) mass is 225 g/mol. The van der Waals surface area contributed by atoms with Gasteiger partial charge in [-0.05, 0) is 12.5 Å². The molecule has 88 valence electrons. The van der Waals surface area contributed by atoms with Crippen LogP contribution in [0.2, 0.25) is 0 Å². The summed E-state index contributed by atoms with van der Waals surface area (Å²) in [5.41, 5.74) is 0.446. The normalized spacial score (nSPS) is 9.81. The van der Waals surface area contributed by atoms with Crippen LogP contribution in [0.4, 0.5) is 0 Å². The summed E-state index contributed by atoms with van der Waals surface area (Å²) >= 11 is 0. The maximum atomic E-state index is 11.4. The van der Waals surface area contributed by atoms with Gasteiger partial charge in [0.1, 0.15) is 6.26 Å². The van der Waals surface area contributed by atoms with Gasteiger partial charge in [-0.3, -0.25) is 9.59 Å². The van der Waals surface area contributed by atoms with Gasteiger partial charge in [0.05, 0.1) is 24.9 Å². The Morgan fingerprint density at radius 1 is 1.50 bits per heavy atom. The van der Waals surface area contributed by atoms with Gasteiger partial charge in [0.15, 0.2) is 0 Å². The predicted octanol–water partition coefficient (Wildman–Crippen LogP) is 1.35. The lowest BCUT2D eigenvalue weighted by Crippen LogP contribution is -2.26. The van der Waals surface area contributed by atoms with Crippen LogP contribution in [-0.2, 0) is 9.53 Å². The van der Waals surface area contributed by atoms with Crippen molar-refractivity contribution in [2.24, 2.45) is 0 Å². The molecule has 0 atom stereocenters. The van der Waals surface area contributed by atoms with Crippen LogP contribution in [0.3, 0.4) is 0 Å². The van der Waals surface area contributed by atoms with Gasteiger partial charge in [0.2, 0.25) is 0 Å². The maximum Gasteiger partial charge on any atom is 0.307 e. The Labute approximate surface area is 93.8 Å². The van der Waals surface area contributed by atoms with Crippen molar-refractivity contribution in [2.75, 3.05) is 13.2 Å². The van der Waals surface area contributed by atoms with Crippen molar-refractivity contribution < 1.29 is 18.7 Å². The van der Waals surface area contributed by atoms with E-state index < -0.39 is 0 Å². The van der Waals surface area contributed by atoms with Gasteiger partial charge in [-0.2, -0.15) is 0 Å². The van der Waals surface area contributed by atoms with E-state index in [0.717, 1.165) is 6.42 Å². The van der Waals surface area contributed by atoms with E-state index in [9.17, 15) is 9.59 Å². The van der Waals surface area contributed by atoms with Gasteiger partial charge in [-0.15, -0.1) is 0 Å². The highest BCUT2D eigenvalue weighted by molar-refractivity contribution is 5.93. The second-order valence-corrected chi connectivity index (χ2v) is 3.24. The molecule has 0 spiro atoms. The molecule has 5 heteroatoms. The molecule has 1 aromatic heterocycles. The van der Waals surface area contributed by atoms with Gasteiger partial charge in [0, 0.05) is 6.54 Å². The van der Waals surface area contributed by atoms with E-state index in [1.165, 1.54) is 12.5 Å². The summed E-state index contributed by atoms with van der Waals surface area (Å²) in [6.07, 6.45) is 3.76. The minimum Gasteiger partial charge on any atom is -0.472 e. The van der Waals surface area contributed by atoms with E-state index in [4.69, 9.17) is 9.15 Å². The molecule has 0 saturated heterocycles. The Bertz CT molecular complexity index is 332. The fraction of sp³-hybridized carbons (Fsp3) is 0.455. The molecule has 1 aromatic rings. The van der Waals surface area contributed by atoms with Gasteiger partial charge in [-0.25, -0.2) is 0 Å². The summed E-state index contributed by atoms with van der Waals surface area (Å²) in [5, 5.41) is 2.59. The van der Waals surface area contributed by atoms with Crippen molar-refractivity contribution in [3.05, 3.63) is 24.2 Å². The standard InChI is InChI=1S/C11H15NO4/c1-2-6-16-10(13)3-5-12-11(14)9-4-7-15-8-9/h4,7-8H,2-3,5-6H2,1H3,(H,12,14). The van der Waals surface area contributed by atoms with Gasteiger partial charge in [0.25, 0.3) is 5.91 Å². The first-order chi connectivity index (χ1) is 7.74. The number of nitrogens with one attached hydrogen (secondary N) is 1. The highest BCUT2D eigenvalue weighted by Gasteiger charge is 2.07. The Hall–Kier alpha value is -1.78. The molecule has 1 heterocycles. The van der Waals surface area contributed by atoms with Crippen molar-refractivity contribution in [2.45, 2.75) is 19.8 Å². The first kappa shape index (κ1) is 12.3. The summed E-state index contributed by atoms with van der Waals surface area (Å²) in [7, 11) is 0. The SMILES string of the molecule is CCCOC(=O)CCNC(=O)c1ccoc1. The summed E-state index contributed by atoms with van der Waals surface area (Å²) in [6.45, 7) is 2.62. The van der Waals surface area contributed by atoms with Crippen LogP contribution in [0.25, 0.3) is 0 Å². The van der Waals surface area contributed by atoms with Gasteiger partial charge < -0.3 is 14.5 Å². The Kier molecular flexibility index (Phi) is 5.11. The van der Waals surface area contributed by atoms with Crippen molar-refractivity contribution >= 4 is 11.9 Å². The van der Waals surface area contributed by atoms with Gasteiger partial charge >= 0.3 is 5.97 Å². The number of carbonyl (C=O) groups is 2. The lowest BCUT2D eigenvalue weighted by molar-refractivity contribution is -0.143. The fourth-order valence-electron chi connectivity index (χ4n) is 1.06. The molecule has 5 nitrogen and oxygen atoms in total. The number of rotatable bonds is 6. The third-order valence-electron chi connectivity index (χ3n) is 1.87. The molecule has 16 heavy (non-hydrogen) atoms. The highest BCUT2D eigenvalue weighted by atomic mass is 16.5. The van der Waals surface area contributed by atoms with Crippen molar-refractivity contribution in [1.29, 1.82) is 0 Å². The van der Waals surface area contributed by atoms with E-state index in [1.807, 2.05) is 6.92 Å². The molecule has 0 aliphatic carbocycles. The topological polar surface area (TPSA) is 68.5 Å². The number of ether oxygens (including phenoxy) is 1. The van der Waals surface area contributed by atoms with E-state index in [2.05, 4.69) is 5.32 Å². The van der Waals surface area contributed by atoms with E-state index in [0.29, 0.717) is 12.2 Å². The first-order valence-electron chi connectivity index (χ1n) is 5.20. The Morgan fingerprint density at radius 2 is 2.31 bits per heavy atom. The van der Waals surface area contributed by atoms with E-state index >= 15 is 0 Å². The summed E-state index contributed by atoms with van der Waals surface area (Å²) in [5.74, 6) is -0.550. The molecule has 0 unspecified atom stereocenters. The molecular formula is C11H15NO4. The molecule has 0 radical (unpaired) electrons. The number of carbonyl (C=O) groups excluding carboxylic acids is 2. The van der Waals surface area contributed by atoms with Crippen LogP contribution in [-0.4, -0.2) is 25.0 Å². The van der Waals surface area contributed by atoms with Crippen LogP contribution >= 0.6 is 0 Å². The summed E-state index contributed by atoms with van der Waals surface area (Å²) < 4.78 is 9.62. The molecule has 0 aliphatic heterocycles. The molecule has 1 amide bonds. The number of hydrogen-bond donors (Lipinski definition) is 1. The third-order valence-corrected chi connectivity index (χ3v) is 1.87. The number of hydrogen-bond acceptors (Lipinski definition) is 4. The summed E-state index contributed by atoms with van der Waals surface area (Å²) in [4.78, 5) is 22.5. The Morgan fingerprint density at radius 3 is 2.94 bits per heavy atom. The maximum absolute atomic E-state index is 11.4. The average molecular weight is 225 g/mol. The minimum atomic E-state index is -0.297. The van der Waals surface area contributed by atoms with Crippen LogP contribution in [0.5, 0.6) is 0 Å². The van der Waals surface area contributed by atoms with Crippen LogP contribution in [0.1, 0.15) is 30.1 Å². The lowest BCUT2D eigenvalue weighted by Gasteiger charge is -2.04. The average Bonchev–Trinajstić information content (AvgIpc) is 2.79.